The molecule has 0 saturated carbocycles. The van der Waals surface area contributed by atoms with Gasteiger partial charge >= 0.3 is 0 Å². The quantitative estimate of drug-likeness (QED) is 0.506. The van der Waals surface area contributed by atoms with Crippen molar-refractivity contribution in [1.29, 1.82) is 0 Å². The maximum Gasteiger partial charge on any atom is 0.233 e. The third kappa shape index (κ3) is 4.87. The zero-order valence-corrected chi connectivity index (χ0v) is 18.6. The van der Waals surface area contributed by atoms with Gasteiger partial charge in [0, 0.05) is 18.7 Å². The minimum atomic E-state index is 0.167. The molecular weight excluding hydrogens is 416 g/mol. The summed E-state index contributed by atoms with van der Waals surface area (Å²) in [4.78, 5) is 14.7. The fourth-order valence-corrected chi connectivity index (χ4v) is 4.68. The standard InChI is InChI=1S/C23H25ClN4OS/c1-17-11-13-27(14-12-17)21(29)16-30-23-26-25-22(19-9-5-6-10-20(19)24)28(23)15-18-7-3-2-4-8-18/h2-10,17H,11-16H2,1H3. The van der Waals surface area contributed by atoms with Crippen molar-refractivity contribution in [3.8, 4) is 11.4 Å². The molecule has 1 amide bonds. The van der Waals surface area contributed by atoms with Crippen molar-refractivity contribution in [2.45, 2.75) is 31.5 Å². The highest BCUT2D eigenvalue weighted by molar-refractivity contribution is 7.99. The molecule has 0 N–H and O–H groups in total. The van der Waals surface area contributed by atoms with Crippen molar-refractivity contribution < 1.29 is 4.79 Å². The van der Waals surface area contributed by atoms with Crippen molar-refractivity contribution in [3.05, 3.63) is 65.2 Å². The van der Waals surface area contributed by atoms with E-state index >= 15 is 0 Å². The highest BCUT2D eigenvalue weighted by Crippen LogP contribution is 2.30. The van der Waals surface area contributed by atoms with Gasteiger partial charge in [0.1, 0.15) is 0 Å². The van der Waals surface area contributed by atoms with Crippen LogP contribution in [0.15, 0.2) is 59.8 Å². The van der Waals surface area contributed by atoms with Crippen molar-refractivity contribution >= 4 is 29.3 Å². The lowest BCUT2D eigenvalue weighted by atomic mass is 9.99. The molecule has 1 aromatic heterocycles. The summed E-state index contributed by atoms with van der Waals surface area (Å²) in [5.41, 5.74) is 1.98. The van der Waals surface area contributed by atoms with E-state index in [4.69, 9.17) is 11.6 Å². The fraction of sp³-hybridized carbons (Fsp3) is 0.348. The van der Waals surface area contributed by atoms with Crippen LogP contribution in [0.5, 0.6) is 0 Å². The molecule has 3 aromatic rings. The Morgan fingerprint density at radius 1 is 1.07 bits per heavy atom. The van der Waals surface area contributed by atoms with Crippen LogP contribution in [0, 0.1) is 5.92 Å². The van der Waals surface area contributed by atoms with Gasteiger partial charge in [0.05, 0.1) is 17.3 Å². The summed E-state index contributed by atoms with van der Waals surface area (Å²) in [7, 11) is 0. The van der Waals surface area contributed by atoms with E-state index in [2.05, 4.69) is 29.3 Å². The Labute approximate surface area is 186 Å². The molecular formula is C23H25ClN4OS. The van der Waals surface area contributed by atoms with Crippen LogP contribution in [0.2, 0.25) is 5.02 Å². The van der Waals surface area contributed by atoms with Gasteiger partial charge < -0.3 is 4.90 Å². The largest absolute Gasteiger partial charge is 0.342 e. The summed E-state index contributed by atoms with van der Waals surface area (Å²) in [5.74, 6) is 1.95. The van der Waals surface area contributed by atoms with Gasteiger partial charge in [-0.2, -0.15) is 0 Å². The molecule has 5 nitrogen and oxygen atoms in total. The van der Waals surface area contributed by atoms with E-state index in [0.717, 1.165) is 42.2 Å². The molecule has 0 unspecified atom stereocenters. The van der Waals surface area contributed by atoms with Gasteiger partial charge in [0.25, 0.3) is 0 Å². The first-order chi connectivity index (χ1) is 14.6. The summed E-state index contributed by atoms with van der Waals surface area (Å²) in [5, 5.41) is 10.2. The van der Waals surface area contributed by atoms with Crippen LogP contribution in [0.4, 0.5) is 0 Å². The molecule has 1 aliphatic heterocycles. The SMILES string of the molecule is CC1CCN(C(=O)CSc2nnc(-c3ccccc3Cl)n2Cc2ccccc2)CC1. The monoisotopic (exact) mass is 440 g/mol. The number of thioether (sulfide) groups is 1. The number of amides is 1. The molecule has 1 aliphatic rings. The molecule has 0 spiro atoms. The number of piperidine rings is 1. The Kier molecular flexibility index (Phi) is 6.75. The molecule has 1 fully saturated rings. The first kappa shape index (κ1) is 20.9. The summed E-state index contributed by atoms with van der Waals surface area (Å²) < 4.78 is 2.05. The Morgan fingerprint density at radius 3 is 2.50 bits per heavy atom. The molecule has 4 rings (SSSR count). The van der Waals surface area contributed by atoms with E-state index in [1.165, 1.54) is 11.8 Å². The maximum atomic E-state index is 12.7. The van der Waals surface area contributed by atoms with E-state index in [1.54, 1.807) is 0 Å². The van der Waals surface area contributed by atoms with Crippen molar-refractivity contribution in [3.63, 3.8) is 0 Å². The van der Waals surface area contributed by atoms with Crippen molar-refractivity contribution in [2.24, 2.45) is 5.92 Å². The van der Waals surface area contributed by atoms with Crippen LogP contribution in [0.25, 0.3) is 11.4 Å². The highest BCUT2D eigenvalue weighted by Gasteiger charge is 2.22. The van der Waals surface area contributed by atoms with E-state index in [0.29, 0.717) is 29.1 Å². The summed E-state index contributed by atoms with van der Waals surface area (Å²) >= 11 is 7.88. The van der Waals surface area contributed by atoms with Gasteiger partial charge in [0.2, 0.25) is 5.91 Å². The number of benzene rings is 2. The number of hydrogen-bond acceptors (Lipinski definition) is 4. The minimum Gasteiger partial charge on any atom is -0.342 e. The predicted molar refractivity (Wildman–Crippen MR) is 122 cm³/mol. The molecule has 30 heavy (non-hydrogen) atoms. The van der Waals surface area contributed by atoms with E-state index in [-0.39, 0.29) is 5.91 Å². The fourth-order valence-electron chi connectivity index (χ4n) is 3.62. The lowest BCUT2D eigenvalue weighted by Crippen LogP contribution is -2.38. The number of rotatable bonds is 6. The van der Waals surface area contributed by atoms with Crippen molar-refractivity contribution in [1.82, 2.24) is 19.7 Å². The molecule has 2 aromatic carbocycles. The number of nitrogens with zero attached hydrogens (tertiary/aromatic N) is 4. The van der Waals surface area contributed by atoms with E-state index < -0.39 is 0 Å². The molecule has 0 bridgehead atoms. The Hall–Kier alpha value is -2.31. The Balaban J connectivity index is 1.56. The highest BCUT2D eigenvalue weighted by atomic mass is 35.5. The van der Waals surface area contributed by atoms with E-state index in [9.17, 15) is 4.79 Å². The van der Waals surface area contributed by atoms with E-state index in [1.807, 2.05) is 51.9 Å². The second-order valence-corrected chi connectivity index (χ2v) is 9.06. The molecule has 1 saturated heterocycles. The van der Waals surface area contributed by atoms with Crippen LogP contribution < -0.4 is 0 Å². The maximum absolute atomic E-state index is 12.7. The third-order valence-electron chi connectivity index (χ3n) is 5.48. The van der Waals surface area contributed by atoms with Gasteiger partial charge in [-0.3, -0.25) is 9.36 Å². The zero-order valence-electron chi connectivity index (χ0n) is 17.0. The van der Waals surface area contributed by atoms with Gasteiger partial charge in [-0.1, -0.05) is 72.8 Å². The molecule has 156 valence electrons. The number of carbonyl (C=O) groups is 1. The smallest absolute Gasteiger partial charge is 0.233 e. The minimum absolute atomic E-state index is 0.167. The van der Waals surface area contributed by atoms with Crippen molar-refractivity contribution in [2.75, 3.05) is 18.8 Å². The third-order valence-corrected chi connectivity index (χ3v) is 6.76. The van der Waals surface area contributed by atoms with Crippen LogP contribution in [0.1, 0.15) is 25.3 Å². The topological polar surface area (TPSA) is 51.0 Å². The zero-order chi connectivity index (χ0) is 20.9. The lowest BCUT2D eigenvalue weighted by molar-refractivity contribution is -0.129. The number of hydrogen-bond donors (Lipinski definition) is 0. The van der Waals surface area contributed by atoms with Crippen LogP contribution in [0.3, 0.4) is 0 Å². The van der Waals surface area contributed by atoms with Gasteiger partial charge in [-0.05, 0) is 36.5 Å². The first-order valence-electron chi connectivity index (χ1n) is 10.2. The van der Waals surface area contributed by atoms with Gasteiger partial charge in [0.15, 0.2) is 11.0 Å². The number of likely N-dealkylation sites (tertiary alicyclic amines) is 1. The van der Waals surface area contributed by atoms with Gasteiger partial charge in [-0.25, -0.2) is 0 Å². The summed E-state index contributed by atoms with van der Waals surface area (Å²) in [6.45, 7) is 4.56. The molecule has 2 heterocycles. The van der Waals surface area contributed by atoms with Crippen LogP contribution in [-0.2, 0) is 11.3 Å². The lowest BCUT2D eigenvalue weighted by Gasteiger charge is -2.30. The average Bonchev–Trinajstić information content (AvgIpc) is 3.15. The summed E-state index contributed by atoms with van der Waals surface area (Å²) in [6, 6.07) is 17.8. The molecule has 0 aliphatic carbocycles. The average molecular weight is 441 g/mol. The first-order valence-corrected chi connectivity index (χ1v) is 11.6. The number of halogens is 1. The molecule has 7 heteroatoms. The predicted octanol–water partition coefficient (Wildman–Crippen LogP) is 5.00. The van der Waals surface area contributed by atoms with Gasteiger partial charge in [-0.15, -0.1) is 10.2 Å². The van der Waals surface area contributed by atoms with Crippen LogP contribution >= 0.6 is 23.4 Å². The number of carbonyl (C=O) groups excluding carboxylic acids is 1. The Bertz CT molecular complexity index is 999. The Morgan fingerprint density at radius 2 is 1.77 bits per heavy atom. The number of aromatic nitrogens is 3. The molecule has 0 radical (unpaired) electrons. The molecule has 0 atom stereocenters. The summed E-state index contributed by atoms with van der Waals surface area (Å²) in [6.07, 6.45) is 2.16. The van der Waals surface area contributed by atoms with Crippen LogP contribution in [-0.4, -0.2) is 44.4 Å². The normalized spacial score (nSPS) is 14.8. The second kappa shape index (κ2) is 9.67. The second-order valence-electron chi connectivity index (χ2n) is 7.71.